The summed E-state index contributed by atoms with van der Waals surface area (Å²) >= 11 is 5.85. The van der Waals surface area contributed by atoms with Crippen molar-refractivity contribution in [2.24, 2.45) is 5.92 Å². The number of benzene rings is 1. The number of nitrogens with one attached hydrogen (secondary N) is 1. The quantitative estimate of drug-likeness (QED) is 0.759. The highest BCUT2D eigenvalue weighted by molar-refractivity contribution is 6.31. The van der Waals surface area contributed by atoms with Gasteiger partial charge in [0.05, 0.1) is 11.4 Å². The van der Waals surface area contributed by atoms with Crippen LogP contribution in [0.15, 0.2) is 18.2 Å². The average molecular weight is 310 g/mol. The summed E-state index contributed by atoms with van der Waals surface area (Å²) in [6.07, 6.45) is 3.14. The molecule has 1 aromatic rings. The summed E-state index contributed by atoms with van der Waals surface area (Å²) in [6.45, 7) is 6.25. The fraction of sp³-hybridized carbons (Fsp3) is 0.562. The van der Waals surface area contributed by atoms with E-state index in [0.717, 1.165) is 19.0 Å². The van der Waals surface area contributed by atoms with Crippen molar-refractivity contribution in [3.05, 3.63) is 23.2 Å². The number of rotatable bonds is 7. The second kappa shape index (κ2) is 7.14. The highest BCUT2D eigenvalue weighted by Crippen LogP contribution is 2.30. The molecule has 5 heteroatoms. The molecule has 0 unspecified atom stereocenters. The van der Waals surface area contributed by atoms with E-state index in [1.54, 1.807) is 18.2 Å². The summed E-state index contributed by atoms with van der Waals surface area (Å²) in [5.41, 5.74) is 6.96. The van der Waals surface area contributed by atoms with Gasteiger partial charge in [-0.25, -0.2) is 0 Å². The number of nitrogen functional groups attached to an aromatic ring is 1. The minimum atomic E-state index is -0.00882. The van der Waals surface area contributed by atoms with Gasteiger partial charge in [0.15, 0.2) is 0 Å². The summed E-state index contributed by atoms with van der Waals surface area (Å²) < 4.78 is 0. The Hall–Kier alpha value is -1.26. The monoisotopic (exact) mass is 309 g/mol. The van der Waals surface area contributed by atoms with Crippen molar-refractivity contribution >= 4 is 28.9 Å². The van der Waals surface area contributed by atoms with Gasteiger partial charge in [0.2, 0.25) is 5.91 Å². The lowest BCUT2D eigenvalue weighted by molar-refractivity contribution is -0.116. The van der Waals surface area contributed by atoms with Crippen molar-refractivity contribution < 1.29 is 4.79 Å². The van der Waals surface area contributed by atoms with Crippen molar-refractivity contribution in [3.8, 4) is 0 Å². The number of nitrogens with two attached hydrogens (primary N) is 1. The minimum absolute atomic E-state index is 0.00882. The van der Waals surface area contributed by atoms with E-state index in [1.165, 1.54) is 12.8 Å². The number of halogens is 1. The number of anilines is 2. The largest absolute Gasteiger partial charge is 0.397 e. The molecule has 116 valence electrons. The van der Waals surface area contributed by atoms with Gasteiger partial charge < -0.3 is 16.0 Å². The summed E-state index contributed by atoms with van der Waals surface area (Å²) in [5, 5.41) is 3.42. The first-order chi connectivity index (χ1) is 9.95. The molecule has 0 aliphatic heterocycles. The Labute approximate surface area is 131 Å². The highest BCUT2D eigenvalue weighted by Gasteiger charge is 2.25. The molecule has 0 radical (unpaired) electrons. The molecule has 1 saturated carbocycles. The molecular weight excluding hydrogens is 286 g/mol. The molecule has 0 heterocycles. The van der Waals surface area contributed by atoms with E-state index in [1.807, 2.05) is 0 Å². The molecule has 2 rings (SSSR count). The van der Waals surface area contributed by atoms with E-state index in [4.69, 9.17) is 17.3 Å². The SMILES string of the molecule is CC(C)N(CCC(=O)Nc1ccc(Cl)cc1N)CC1CC1. The first kappa shape index (κ1) is 16.1. The fourth-order valence-electron chi connectivity index (χ4n) is 2.30. The molecule has 4 nitrogen and oxygen atoms in total. The van der Waals surface area contributed by atoms with Crippen LogP contribution in [0.4, 0.5) is 11.4 Å². The van der Waals surface area contributed by atoms with Crippen LogP contribution >= 0.6 is 11.6 Å². The number of carbonyl (C=O) groups is 1. The maximum absolute atomic E-state index is 12.1. The van der Waals surface area contributed by atoms with E-state index in [9.17, 15) is 4.79 Å². The van der Waals surface area contributed by atoms with Crippen LogP contribution in [0.5, 0.6) is 0 Å². The Morgan fingerprint density at radius 1 is 1.48 bits per heavy atom. The van der Waals surface area contributed by atoms with Crippen molar-refractivity contribution in [1.29, 1.82) is 0 Å². The van der Waals surface area contributed by atoms with Crippen molar-refractivity contribution in [3.63, 3.8) is 0 Å². The summed E-state index contributed by atoms with van der Waals surface area (Å²) in [4.78, 5) is 14.4. The lowest BCUT2D eigenvalue weighted by atomic mass is 10.2. The van der Waals surface area contributed by atoms with Gasteiger partial charge in [0.1, 0.15) is 0 Å². The summed E-state index contributed by atoms with van der Waals surface area (Å²) in [7, 11) is 0. The molecule has 0 bridgehead atoms. The number of hydrogen-bond donors (Lipinski definition) is 2. The summed E-state index contributed by atoms with van der Waals surface area (Å²) in [6, 6.07) is 5.57. The van der Waals surface area contributed by atoms with Gasteiger partial charge in [-0.05, 0) is 50.8 Å². The van der Waals surface area contributed by atoms with Gasteiger partial charge in [-0.1, -0.05) is 11.6 Å². The molecule has 0 atom stereocenters. The van der Waals surface area contributed by atoms with Crippen LogP contribution in [0.25, 0.3) is 0 Å². The molecule has 1 aromatic carbocycles. The predicted molar refractivity (Wildman–Crippen MR) is 88.5 cm³/mol. The Morgan fingerprint density at radius 2 is 2.19 bits per heavy atom. The van der Waals surface area contributed by atoms with Gasteiger partial charge in [-0.2, -0.15) is 0 Å². The van der Waals surface area contributed by atoms with Crippen molar-refractivity contribution in [2.75, 3.05) is 24.1 Å². The first-order valence-corrected chi connectivity index (χ1v) is 7.92. The number of hydrogen-bond acceptors (Lipinski definition) is 3. The lowest BCUT2D eigenvalue weighted by Crippen LogP contribution is -2.35. The van der Waals surface area contributed by atoms with Crippen LogP contribution in [0, 0.1) is 5.92 Å². The standard InChI is InChI=1S/C16H24ClN3O/c1-11(2)20(10-12-3-4-12)8-7-16(21)19-15-6-5-13(17)9-14(15)18/h5-6,9,11-12H,3-4,7-8,10,18H2,1-2H3,(H,19,21). The van der Waals surface area contributed by atoms with Crippen molar-refractivity contribution in [1.82, 2.24) is 4.90 Å². The molecule has 0 spiro atoms. The molecule has 3 N–H and O–H groups in total. The van der Waals surface area contributed by atoms with Crippen LogP contribution < -0.4 is 11.1 Å². The Morgan fingerprint density at radius 3 is 2.76 bits per heavy atom. The maximum Gasteiger partial charge on any atom is 0.225 e. The number of amides is 1. The van der Waals surface area contributed by atoms with Gasteiger partial charge >= 0.3 is 0 Å². The zero-order valence-corrected chi connectivity index (χ0v) is 13.5. The van der Waals surface area contributed by atoms with Crippen LogP contribution in [-0.2, 0) is 4.79 Å². The van der Waals surface area contributed by atoms with Gasteiger partial charge in [0.25, 0.3) is 0 Å². The Balaban J connectivity index is 1.82. The summed E-state index contributed by atoms with van der Waals surface area (Å²) in [5.74, 6) is 0.827. The van der Waals surface area contributed by atoms with E-state index in [0.29, 0.717) is 28.9 Å². The second-order valence-electron chi connectivity index (χ2n) is 6.06. The third-order valence-corrected chi connectivity index (χ3v) is 4.07. The molecule has 21 heavy (non-hydrogen) atoms. The van der Waals surface area contributed by atoms with E-state index in [2.05, 4.69) is 24.1 Å². The molecule has 0 saturated heterocycles. The smallest absolute Gasteiger partial charge is 0.225 e. The lowest BCUT2D eigenvalue weighted by Gasteiger charge is -2.26. The topological polar surface area (TPSA) is 58.4 Å². The fourth-order valence-corrected chi connectivity index (χ4v) is 2.48. The predicted octanol–water partition coefficient (Wildman–Crippen LogP) is 3.37. The Kier molecular flexibility index (Phi) is 5.48. The molecule has 1 fully saturated rings. The molecule has 1 aliphatic rings. The maximum atomic E-state index is 12.1. The molecule has 1 aliphatic carbocycles. The van der Waals surface area contributed by atoms with Gasteiger partial charge in [-0.3, -0.25) is 4.79 Å². The van der Waals surface area contributed by atoms with Crippen LogP contribution in [0.2, 0.25) is 5.02 Å². The van der Waals surface area contributed by atoms with Gasteiger partial charge in [0, 0.05) is 30.6 Å². The van der Waals surface area contributed by atoms with Crippen LogP contribution in [0.3, 0.4) is 0 Å². The molecule has 1 amide bonds. The van der Waals surface area contributed by atoms with Gasteiger partial charge in [-0.15, -0.1) is 0 Å². The zero-order chi connectivity index (χ0) is 15.4. The van der Waals surface area contributed by atoms with E-state index < -0.39 is 0 Å². The molecular formula is C16H24ClN3O. The van der Waals surface area contributed by atoms with Crippen LogP contribution in [0.1, 0.15) is 33.1 Å². The molecule has 0 aromatic heterocycles. The van der Waals surface area contributed by atoms with E-state index in [-0.39, 0.29) is 5.91 Å². The first-order valence-electron chi connectivity index (χ1n) is 7.54. The highest BCUT2D eigenvalue weighted by atomic mass is 35.5. The zero-order valence-electron chi connectivity index (χ0n) is 12.7. The normalized spacial score (nSPS) is 14.7. The average Bonchev–Trinajstić information content (AvgIpc) is 3.21. The Bertz CT molecular complexity index is 500. The minimum Gasteiger partial charge on any atom is -0.397 e. The van der Waals surface area contributed by atoms with Crippen LogP contribution in [-0.4, -0.2) is 29.9 Å². The number of carbonyl (C=O) groups excluding carboxylic acids is 1. The van der Waals surface area contributed by atoms with E-state index >= 15 is 0 Å². The second-order valence-corrected chi connectivity index (χ2v) is 6.50. The van der Waals surface area contributed by atoms with Crippen molar-refractivity contribution in [2.45, 2.75) is 39.2 Å². The third-order valence-electron chi connectivity index (χ3n) is 3.83. The number of nitrogens with zero attached hydrogens (tertiary/aromatic N) is 1. The third kappa shape index (κ3) is 5.21.